The van der Waals surface area contributed by atoms with E-state index in [1.165, 1.54) is 29.5 Å². The molecule has 0 unspecified atom stereocenters. The van der Waals surface area contributed by atoms with Gasteiger partial charge in [-0.15, -0.1) is 11.8 Å². The van der Waals surface area contributed by atoms with Gasteiger partial charge in [0.15, 0.2) is 5.13 Å². The number of nitrogens with zero attached hydrogens (tertiary/aromatic N) is 3. The Morgan fingerprint density at radius 2 is 1.80 bits per heavy atom. The number of benzene rings is 2. The largest absolute Gasteiger partial charge is 0.302 e. The fourth-order valence-electron chi connectivity index (χ4n) is 3.15. The van der Waals surface area contributed by atoms with Crippen molar-refractivity contribution in [3.05, 3.63) is 53.8 Å². The van der Waals surface area contributed by atoms with Crippen molar-refractivity contribution in [3.63, 3.8) is 0 Å². The lowest BCUT2D eigenvalue weighted by Gasteiger charge is -2.24. The Morgan fingerprint density at radius 1 is 1.07 bits per heavy atom. The highest BCUT2D eigenvalue weighted by molar-refractivity contribution is 8.00. The highest BCUT2D eigenvalue weighted by Crippen LogP contribution is 2.30. The number of likely N-dealkylation sites (N-methyl/N-ethyl adjacent to an activating group) is 1. The molecule has 0 aliphatic rings. The van der Waals surface area contributed by atoms with Crippen LogP contribution in [0.2, 0.25) is 0 Å². The highest BCUT2D eigenvalue weighted by atomic mass is 32.2. The van der Waals surface area contributed by atoms with E-state index in [2.05, 4.69) is 37.8 Å². The fraction of sp³-hybridized carbons (Fsp3) is 0.391. The molecular weight excluding hydrogens is 417 g/mol. The van der Waals surface area contributed by atoms with Crippen LogP contribution in [0.4, 0.5) is 9.52 Å². The van der Waals surface area contributed by atoms with Gasteiger partial charge in [-0.25, -0.2) is 9.37 Å². The predicted molar refractivity (Wildman–Crippen MR) is 126 cm³/mol. The second-order valence-corrected chi connectivity index (χ2v) is 9.02. The van der Waals surface area contributed by atoms with Crippen LogP contribution in [-0.4, -0.2) is 47.7 Å². The first-order valence-electron chi connectivity index (χ1n) is 10.3. The van der Waals surface area contributed by atoms with E-state index < -0.39 is 0 Å². The van der Waals surface area contributed by atoms with Gasteiger partial charge in [0.05, 0.1) is 16.0 Å². The van der Waals surface area contributed by atoms with Crippen LogP contribution in [0.5, 0.6) is 0 Å². The van der Waals surface area contributed by atoms with Gasteiger partial charge in [-0.3, -0.25) is 9.69 Å². The van der Waals surface area contributed by atoms with Gasteiger partial charge in [0.25, 0.3) is 0 Å². The molecule has 4 nitrogen and oxygen atoms in total. The van der Waals surface area contributed by atoms with Gasteiger partial charge in [0, 0.05) is 18.0 Å². The first-order chi connectivity index (χ1) is 14.5. The minimum Gasteiger partial charge on any atom is -0.302 e. The van der Waals surface area contributed by atoms with Crippen molar-refractivity contribution in [1.29, 1.82) is 0 Å². The number of hydrogen-bond donors (Lipinski definition) is 0. The Kier molecular flexibility index (Phi) is 8.24. The number of rotatable bonds is 10. The zero-order chi connectivity index (χ0) is 21.5. The smallest absolute Gasteiger partial charge is 0.239 e. The SMILES string of the molecule is CCc1ccc2nc(N(CCN(CC)CC)C(=O)CSc3ccc(F)cc3)sc2c1. The van der Waals surface area contributed by atoms with Crippen molar-refractivity contribution in [1.82, 2.24) is 9.88 Å². The Bertz CT molecular complexity index is 970. The number of hydrogen-bond acceptors (Lipinski definition) is 5. The van der Waals surface area contributed by atoms with Gasteiger partial charge < -0.3 is 4.90 Å². The molecule has 30 heavy (non-hydrogen) atoms. The lowest BCUT2D eigenvalue weighted by Crippen LogP contribution is -2.39. The summed E-state index contributed by atoms with van der Waals surface area (Å²) in [6, 6.07) is 12.5. The van der Waals surface area contributed by atoms with Crippen LogP contribution in [0.3, 0.4) is 0 Å². The Hall–Kier alpha value is -1.96. The molecule has 3 aromatic rings. The molecule has 0 bridgehead atoms. The summed E-state index contributed by atoms with van der Waals surface area (Å²) < 4.78 is 14.2. The summed E-state index contributed by atoms with van der Waals surface area (Å²) in [4.78, 5) is 22.9. The van der Waals surface area contributed by atoms with E-state index in [9.17, 15) is 9.18 Å². The third-order valence-corrected chi connectivity index (χ3v) is 7.13. The minimum absolute atomic E-state index is 0.0197. The summed E-state index contributed by atoms with van der Waals surface area (Å²) in [7, 11) is 0. The number of aromatic nitrogens is 1. The third kappa shape index (κ3) is 5.80. The maximum atomic E-state index is 13.2. The molecule has 0 N–H and O–H groups in total. The van der Waals surface area contributed by atoms with Gasteiger partial charge in [0.2, 0.25) is 5.91 Å². The van der Waals surface area contributed by atoms with Crippen molar-refractivity contribution in [2.24, 2.45) is 0 Å². The second kappa shape index (κ2) is 10.9. The van der Waals surface area contributed by atoms with Crippen LogP contribution in [0.1, 0.15) is 26.3 Å². The molecule has 0 aliphatic heterocycles. The van der Waals surface area contributed by atoms with Crippen LogP contribution in [0.15, 0.2) is 47.4 Å². The molecule has 0 saturated heterocycles. The minimum atomic E-state index is -0.271. The zero-order valence-electron chi connectivity index (χ0n) is 17.7. The number of amides is 1. The molecule has 3 rings (SSSR count). The van der Waals surface area contributed by atoms with Gasteiger partial charge in [-0.2, -0.15) is 0 Å². The summed E-state index contributed by atoms with van der Waals surface area (Å²) in [5.41, 5.74) is 2.20. The maximum absolute atomic E-state index is 13.2. The Labute approximate surface area is 186 Å². The number of aryl methyl sites for hydroxylation is 1. The van der Waals surface area contributed by atoms with Crippen molar-refractivity contribution in [2.45, 2.75) is 32.1 Å². The van der Waals surface area contributed by atoms with Gasteiger partial charge in [0.1, 0.15) is 5.82 Å². The summed E-state index contributed by atoms with van der Waals surface area (Å²) in [6.07, 6.45) is 0.974. The molecule has 0 saturated carbocycles. The van der Waals surface area contributed by atoms with E-state index in [0.29, 0.717) is 12.3 Å². The van der Waals surface area contributed by atoms with Crippen LogP contribution in [-0.2, 0) is 11.2 Å². The molecule has 160 valence electrons. The molecule has 0 atom stereocenters. The maximum Gasteiger partial charge on any atom is 0.239 e. The Morgan fingerprint density at radius 3 is 2.47 bits per heavy atom. The molecule has 7 heteroatoms. The number of thioether (sulfide) groups is 1. The van der Waals surface area contributed by atoms with Crippen LogP contribution in [0.25, 0.3) is 10.2 Å². The fourth-order valence-corrected chi connectivity index (χ4v) is 5.00. The lowest BCUT2D eigenvalue weighted by atomic mass is 10.2. The van der Waals surface area contributed by atoms with E-state index in [4.69, 9.17) is 4.98 Å². The number of halogens is 1. The van der Waals surface area contributed by atoms with Crippen molar-refractivity contribution >= 4 is 44.4 Å². The molecule has 1 amide bonds. The number of carbonyl (C=O) groups is 1. The van der Waals surface area contributed by atoms with Gasteiger partial charge >= 0.3 is 0 Å². The van der Waals surface area contributed by atoms with Crippen molar-refractivity contribution in [2.75, 3.05) is 36.8 Å². The highest BCUT2D eigenvalue weighted by Gasteiger charge is 2.20. The first kappa shape index (κ1) is 22.7. The number of thiazole rings is 1. The van der Waals surface area contributed by atoms with E-state index in [-0.39, 0.29) is 11.7 Å². The normalized spacial score (nSPS) is 11.4. The van der Waals surface area contributed by atoms with Gasteiger partial charge in [-0.05, 0) is 61.5 Å². The second-order valence-electron chi connectivity index (χ2n) is 6.97. The van der Waals surface area contributed by atoms with E-state index in [1.807, 2.05) is 11.0 Å². The number of carbonyl (C=O) groups excluding carboxylic acids is 1. The van der Waals surface area contributed by atoms with Crippen molar-refractivity contribution < 1.29 is 9.18 Å². The quantitative estimate of drug-likeness (QED) is 0.388. The summed E-state index contributed by atoms with van der Waals surface area (Å²) in [5, 5.41) is 0.745. The summed E-state index contributed by atoms with van der Waals surface area (Å²) in [6.45, 7) is 9.69. The molecule has 1 aromatic heterocycles. The number of fused-ring (bicyclic) bond motifs is 1. The molecule has 0 fully saturated rings. The molecule has 0 radical (unpaired) electrons. The van der Waals surface area contributed by atoms with E-state index >= 15 is 0 Å². The topological polar surface area (TPSA) is 36.4 Å². The first-order valence-corrected chi connectivity index (χ1v) is 12.1. The summed E-state index contributed by atoms with van der Waals surface area (Å²) >= 11 is 2.99. The van der Waals surface area contributed by atoms with Crippen molar-refractivity contribution in [3.8, 4) is 0 Å². The predicted octanol–water partition coefficient (Wildman–Crippen LogP) is 5.46. The Balaban J connectivity index is 1.79. The summed E-state index contributed by atoms with van der Waals surface area (Å²) in [5.74, 6) is 0.0405. The van der Waals surface area contributed by atoms with Crippen LogP contribution >= 0.6 is 23.1 Å². The van der Waals surface area contributed by atoms with Crippen LogP contribution in [0, 0.1) is 5.82 Å². The lowest BCUT2D eigenvalue weighted by molar-refractivity contribution is -0.116. The monoisotopic (exact) mass is 445 g/mol. The van der Waals surface area contributed by atoms with E-state index in [0.717, 1.165) is 46.3 Å². The molecule has 0 spiro atoms. The average molecular weight is 446 g/mol. The molecule has 2 aromatic carbocycles. The van der Waals surface area contributed by atoms with Crippen LogP contribution < -0.4 is 4.90 Å². The molecular formula is C23H28FN3OS2. The molecule has 0 aliphatic carbocycles. The number of anilines is 1. The van der Waals surface area contributed by atoms with Gasteiger partial charge in [-0.1, -0.05) is 38.2 Å². The third-order valence-electron chi connectivity index (χ3n) is 5.09. The zero-order valence-corrected chi connectivity index (χ0v) is 19.4. The standard InChI is InChI=1S/C23H28FN3OS2/c1-4-17-7-12-20-21(15-17)30-23(25-20)27(14-13-26(5-2)6-3)22(28)16-29-19-10-8-18(24)9-11-19/h7-12,15H,4-6,13-14,16H2,1-3H3. The average Bonchev–Trinajstić information content (AvgIpc) is 3.19. The molecule has 1 heterocycles. The van der Waals surface area contributed by atoms with E-state index in [1.54, 1.807) is 23.5 Å².